The molecule has 21 heavy (non-hydrogen) atoms. The lowest BCUT2D eigenvalue weighted by atomic mass is 10.2. The van der Waals surface area contributed by atoms with Crippen LogP contribution in [0.15, 0.2) is 48.5 Å². The highest BCUT2D eigenvalue weighted by molar-refractivity contribution is 14.1. The molecule has 2 rings (SSSR count). The molecule has 0 radical (unpaired) electrons. The number of nitrogens with one attached hydrogen (secondary N) is 1. The molecule has 0 bridgehead atoms. The van der Waals surface area contributed by atoms with Gasteiger partial charge < -0.3 is 15.3 Å². The number of ether oxygens (including phenoxy) is 1. The molecule has 3 N–H and O–H groups in total. The second-order valence-corrected chi connectivity index (χ2v) is 5.28. The Balaban J connectivity index is 1.95. The summed E-state index contributed by atoms with van der Waals surface area (Å²) in [6.45, 7) is 0. The summed E-state index contributed by atoms with van der Waals surface area (Å²) in [5.74, 6) is 0.235. The van der Waals surface area contributed by atoms with E-state index in [9.17, 15) is 4.79 Å². The first-order chi connectivity index (χ1) is 10.1. The molecule has 0 spiro atoms. The lowest BCUT2D eigenvalue weighted by molar-refractivity contribution is 0.0279. The van der Waals surface area contributed by atoms with Crippen LogP contribution in [0.4, 0.5) is 0 Å². The SMILES string of the molecule is COc1ccc([C-](N)NOC(=O)c2ccccc2I)cc1. The molecule has 0 atom stereocenters. The summed E-state index contributed by atoms with van der Waals surface area (Å²) in [7, 11) is 1.59. The fourth-order valence-electron chi connectivity index (χ4n) is 1.61. The van der Waals surface area contributed by atoms with Crippen LogP contribution in [0.5, 0.6) is 5.75 Å². The van der Waals surface area contributed by atoms with E-state index in [2.05, 4.69) is 28.1 Å². The minimum Gasteiger partial charge on any atom is -0.499 e. The summed E-state index contributed by atoms with van der Waals surface area (Å²) >= 11 is 2.07. The largest absolute Gasteiger partial charge is 0.499 e. The number of nitrogens with two attached hydrogens (primary N) is 1. The topological polar surface area (TPSA) is 73.6 Å². The third-order valence-electron chi connectivity index (χ3n) is 2.75. The monoisotopic (exact) mass is 397 g/mol. The predicted octanol–water partition coefficient (Wildman–Crippen LogP) is 2.46. The molecule has 2 aromatic carbocycles. The molecule has 0 unspecified atom stereocenters. The number of carbonyl (C=O) groups is 1. The standard InChI is InChI=1S/C15H14IN2O3/c1-20-11-8-6-10(7-9-11)14(17)18-21-15(19)12-4-2-3-5-13(12)16/h2-9,18H,17H2,1H3/q-1. The Morgan fingerprint density at radius 1 is 1.19 bits per heavy atom. The molecule has 0 fully saturated rings. The van der Waals surface area contributed by atoms with Crippen molar-refractivity contribution in [3.05, 3.63) is 69.4 Å². The second-order valence-electron chi connectivity index (χ2n) is 4.11. The van der Waals surface area contributed by atoms with Gasteiger partial charge in [-0.15, -0.1) is 0 Å². The maximum Gasteiger partial charge on any atom is 0.357 e. The van der Waals surface area contributed by atoms with Crippen LogP contribution in [0, 0.1) is 9.74 Å². The van der Waals surface area contributed by atoms with Crippen molar-refractivity contribution in [3.63, 3.8) is 0 Å². The van der Waals surface area contributed by atoms with Crippen LogP contribution in [0.25, 0.3) is 0 Å². The van der Waals surface area contributed by atoms with Crippen LogP contribution >= 0.6 is 22.6 Å². The number of benzene rings is 2. The van der Waals surface area contributed by atoms with Gasteiger partial charge in [-0.1, -0.05) is 24.3 Å². The van der Waals surface area contributed by atoms with Crippen LogP contribution < -0.4 is 16.0 Å². The van der Waals surface area contributed by atoms with E-state index in [1.54, 1.807) is 43.5 Å². The van der Waals surface area contributed by atoms with Crippen molar-refractivity contribution in [3.8, 4) is 5.75 Å². The number of carbonyl (C=O) groups excluding carboxylic acids is 1. The van der Waals surface area contributed by atoms with Gasteiger partial charge in [0.25, 0.3) is 0 Å². The molecule has 6 heteroatoms. The number of hydrogen-bond acceptors (Lipinski definition) is 5. The molecular formula is C15H14IN2O3-. The van der Waals surface area contributed by atoms with Crippen LogP contribution in [0.1, 0.15) is 15.9 Å². The van der Waals surface area contributed by atoms with Crippen LogP contribution in [0.2, 0.25) is 0 Å². The van der Waals surface area contributed by atoms with Gasteiger partial charge in [-0.3, -0.25) is 0 Å². The minimum atomic E-state index is -0.489. The minimum absolute atomic E-state index is 0.247. The van der Waals surface area contributed by atoms with E-state index < -0.39 is 5.97 Å². The van der Waals surface area contributed by atoms with E-state index in [-0.39, 0.29) is 6.17 Å². The molecular weight excluding hydrogens is 383 g/mol. The number of hydroxylamine groups is 1. The van der Waals surface area contributed by atoms with Gasteiger partial charge in [0.05, 0.1) is 18.4 Å². The van der Waals surface area contributed by atoms with Gasteiger partial charge in [0.1, 0.15) is 0 Å². The van der Waals surface area contributed by atoms with E-state index in [1.165, 1.54) is 0 Å². The summed E-state index contributed by atoms with van der Waals surface area (Å²) < 4.78 is 5.87. The molecule has 0 aliphatic rings. The molecule has 0 aromatic heterocycles. The van der Waals surface area contributed by atoms with Gasteiger partial charge in [-0.2, -0.15) is 23.2 Å². The van der Waals surface area contributed by atoms with Crippen molar-refractivity contribution in [2.45, 2.75) is 0 Å². The Morgan fingerprint density at radius 2 is 1.86 bits per heavy atom. The van der Waals surface area contributed by atoms with E-state index in [0.29, 0.717) is 11.1 Å². The lowest BCUT2D eigenvalue weighted by Crippen LogP contribution is -2.32. The smallest absolute Gasteiger partial charge is 0.357 e. The van der Waals surface area contributed by atoms with Gasteiger partial charge >= 0.3 is 5.97 Å². The van der Waals surface area contributed by atoms with Gasteiger partial charge in [0.2, 0.25) is 0 Å². The van der Waals surface area contributed by atoms with E-state index in [4.69, 9.17) is 15.3 Å². The van der Waals surface area contributed by atoms with Crippen molar-refractivity contribution in [2.75, 3.05) is 7.11 Å². The van der Waals surface area contributed by atoms with Gasteiger partial charge in [-0.25, -0.2) is 4.79 Å². The zero-order valence-electron chi connectivity index (χ0n) is 11.3. The first-order valence-corrected chi connectivity index (χ1v) is 7.18. The first kappa shape index (κ1) is 15.6. The average molecular weight is 397 g/mol. The normalized spacial score (nSPS) is 10.0. The maximum atomic E-state index is 11.9. The Morgan fingerprint density at radius 3 is 2.48 bits per heavy atom. The van der Waals surface area contributed by atoms with Crippen molar-refractivity contribution in [1.29, 1.82) is 0 Å². The number of halogens is 1. The predicted molar refractivity (Wildman–Crippen MR) is 87.2 cm³/mol. The van der Waals surface area contributed by atoms with Crippen molar-refractivity contribution in [2.24, 2.45) is 5.73 Å². The summed E-state index contributed by atoms with van der Waals surface area (Å²) in [6.07, 6.45) is 0.247. The van der Waals surface area contributed by atoms with Crippen LogP contribution in [-0.2, 0) is 4.84 Å². The Labute approximate surface area is 136 Å². The molecule has 2 aromatic rings. The van der Waals surface area contributed by atoms with Crippen LogP contribution in [-0.4, -0.2) is 13.1 Å². The summed E-state index contributed by atoms with van der Waals surface area (Å²) in [6, 6.07) is 14.2. The van der Waals surface area contributed by atoms with Gasteiger partial charge in [0.15, 0.2) is 0 Å². The quantitative estimate of drug-likeness (QED) is 0.461. The molecule has 0 aliphatic carbocycles. The maximum absolute atomic E-state index is 11.9. The molecule has 0 amide bonds. The summed E-state index contributed by atoms with van der Waals surface area (Å²) in [5.41, 5.74) is 9.48. The zero-order chi connectivity index (χ0) is 15.2. The summed E-state index contributed by atoms with van der Waals surface area (Å²) in [5, 5.41) is 0. The van der Waals surface area contributed by atoms with Crippen molar-refractivity contribution in [1.82, 2.24) is 5.48 Å². The summed E-state index contributed by atoms with van der Waals surface area (Å²) in [4.78, 5) is 16.9. The molecule has 0 heterocycles. The first-order valence-electron chi connectivity index (χ1n) is 6.10. The number of rotatable bonds is 5. The molecule has 0 aliphatic heterocycles. The highest BCUT2D eigenvalue weighted by Gasteiger charge is 2.11. The Hall–Kier alpha value is -1.77. The van der Waals surface area contributed by atoms with E-state index in [0.717, 1.165) is 9.32 Å². The second kappa shape index (κ2) is 7.30. The highest BCUT2D eigenvalue weighted by atomic mass is 127. The molecule has 0 saturated carbocycles. The number of methoxy groups -OCH3 is 1. The van der Waals surface area contributed by atoms with Gasteiger partial charge in [-0.05, 0) is 40.9 Å². The third kappa shape index (κ3) is 4.10. The molecule has 110 valence electrons. The lowest BCUT2D eigenvalue weighted by Gasteiger charge is -2.21. The van der Waals surface area contributed by atoms with Gasteiger partial charge in [0, 0.05) is 3.57 Å². The highest BCUT2D eigenvalue weighted by Crippen LogP contribution is 2.15. The zero-order valence-corrected chi connectivity index (χ0v) is 13.5. The van der Waals surface area contributed by atoms with E-state index >= 15 is 0 Å². The van der Waals surface area contributed by atoms with Crippen LogP contribution in [0.3, 0.4) is 0 Å². The molecule has 5 nitrogen and oxygen atoms in total. The van der Waals surface area contributed by atoms with Crippen molar-refractivity contribution < 1.29 is 14.4 Å². The fourth-order valence-corrected chi connectivity index (χ4v) is 2.22. The van der Waals surface area contributed by atoms with Crippen molar-refractivity contribution >= 4 is 28.6 Å². The number of hydrogen-bond donors (Lipinski definition) is 2. The average Bonchev–Trinajstić information content (AvgIpc) is 2.52. The third-order valence-corrected chi connectivity index (χ3v) is 3.69. The Kier molecular flexibility index (Phi) is 5.43. The molecule has 0 saturated heterocycles. The fraction of sp³-hybridized carbons (Fsp3) is 0.0667. The Bertz CT molecular complexity index is 617. The van der Waals surface area contributed by atoms with E-state index in [1.807, 2.05) is 12.1 Å².